The molecule has 3 rings (SSSR count). The molecule has 1 atom stereocenters. The summed E-state index contributed by atoms with van der Waals surface area (Å²) in [7, 11) is 0. The third-order valence-corrected chi connectivity index (χ3v) is 4.52. The summed E-state index contributed by atoms with van der Waals surface area (Å²) >= 11 is 3.43. The van der Waals surface area contributed by atoms with Crippen molar-refractivity contribution >= 4 is 15.9 Å². The fraction of sp³-hybridized carbons (Fsp3) is 0.500. The van der Waals surface area contributed by atoms with Crippen molar-refractivity contribution in [1.82, 2.24) is 20.0 Å². The van der Waals surface area contributed by atoms with Crippen LogP contribution in [0.5, 0.6) is 0 Å². The van der Waals surface area contributed by atoms with Crippen molar-refractivity contribution in [3.63, 3.8) is 0 Å². The largest absolute Gasteiger partial charge is 0.370 e. The Hall–Kier alpha value is -1.41. The quantitative estimate of drug-likeness (QED) is 0.829. The molecule has 0 aliphatic carbocycles. The molecule has 0 bridgehead atoms. The van der Waals surface area contributed by atoms with Crippen molar-refractivity contribution in [2.45, 2.75) is 38.3 Å². The van der Waals surface area contributed by atoms with Crippen LogP contribution in [0.1, 0.15) is 18.4 Å². The van der Waals surface area contributed by atoms with E-state index in [-0.39, 0.29) is 12.5 Å². The molecule has 0 aromatic carbocycles. The lowest BCUT2D eigenvalue weighted by Crippen LogP contribution is -2.36. The van der Waals surface area contributed by atoms with Crippen LogP contribution in [0.15, 0.2) is 23.1 Å². The van der Waals surface area contributed by atoms with Gasteiger partial charge in [-0.15, -0.1) is 5.10 Å². The van der Waals surface area contributed by atoms with E-state index in [9.17, 15) is 8.78 Å². The van der Waals surface area contributed by atoms with E-state index in [0.29, 0.717) is 18.7 Å². The molecule has 1 aliphatic rings. The minimum atomic E-state index is -2.71. The predicted molar refractivity (Wildman–Crippen MR) is 79.6 cm³/mol. The van der Waals surface area contributed by atoms with Gasteiger partial charge < -0.3 is 4.74 Å². The minimum absolute atomic E-state index is 0.145. The Kier molecular flexibility index (Phi) is 4.22. The topological polar surface area (TPSA) is 52.8 Å². The number of ether oxygens (including phenoxy) is 1. The van der Waals surface area contributed by atoms with Gasteiger partial charge in [-0.25, -0.2) is 13.5 Å². The molecule has 1 unspecified atom stereocenters. The first kappa shape index (κ1) is 15.5. The molecule has 0 spiro atoms. The van der Waals surface area contributed by atoms with E-state index in [0.717, 1.165) is 15.6 Å². The number of pyridine rings is 1. The second kappa shape index (κ2) is 6.00. The molecule has 8 heteroatoms. The van der Waals surface area contributed by atoms with Crippen molar-refractivity contribution in [1.29, 1.82) is 0 Å². The zero-order chi connectivity index (χ0) is 15.7. The molecule has 2 aromatic rings. The zero-order valence-electron chi connectivity index (χ0n) is 12.0. The van der Waals surface area contributed by atoms with Crippen LogP contribution in [0.25, 0.3) is 11.3 Å². The Labute approximate surface area is 134 Å². The van der Waals surface area contributed by atoms with E-state index in [1.165, 1.54) is 0 Å². The standard InChI is InChI=1S/C14H15BrF2N4O/c1-9-11(4-18-5-12(9)15)13-7-21(20-19-13)6-10-2-3-14(16,17)8-22-10/h4-5,7,10H,2-3,6,8H2,1H3. The van der Waals surface area contributed by atoms with Crippen LogP contribution in [0.3, 0.4) is 0 Å². The maximum absolute atomic E-state index is 13.1. The Morgan fingerprint density at radius 3 is 3.00 bits per heavy atom. The minimum Gasteiger partial charge on any atom is -0.370 e. The molecule has 1 saturated heterocycles. The van der Waals surface area contributed by atoms with E-state index in [1.54, 1.807) is 23.3 Å². The maximum Gasteiger partial charge on any atom is 0.271 e. The predicted octanol–water partition coefficient (Wildman–Crippen LogP) is 3.23. The highest BCUT2D eigenvalue weighted by Crippen LogP contribution is 2.29. The smallest absolute Gasteiger partial charge is 0.271 e. The summed E-state index contributed by atoms with van der Waals surface area (Å²) in [5, 5.41) is 8.18. The number of alkyl halides is 2. The van der Waals surface area contributed by atoms with Crippen molar-refractivity contribution in [3.05, 3.63) is 28.6 Å². The molecule has 118 valence electrons. The summed E-state index contributed by atoms with van der Waals surface area (Å²) in [5.41, 5.74) is 2.61. The highest BCUT2D eigenvalue weighted by Gasteiger charge is 2.36. The van der Waals surface area contributed by atoms with Crippen molar-refractivity contribution < 1.29 is 13.5 Å². The van der Waals surface area contributed by atoms with Crippen molar-refractivity contribution in [2.75, 3.05) is 6.61 Å². The van der Waals surface area contributed by atoms with Gasteiger partial charge in [-0.1, -0.05) is 5.21 Å². The molecule has 2 aromatic heterocycles. The highest BCUT2D eigenvalue weighted by molar-refractivity contribution is 9.10. The van der Waals surface area contributed by atoms with Crippen LogP contribution in [0, 0.1) is 6.92 Å². The molecule has 0 amide bonds. The second-order valence-corrected chi connectivity index (χ2v) is 6.30. The molecule has 22 heavy (non-hydrogen) atoms. The fourth-order valence-corrected chi connectivity index (χ4v) is 2.72. The van der Waals surface area contributed by atoms with Gasteiger partial charge in [0.05, 0.1) is 18.8 Å². The molecule has 3 heterocycles. The first-order valence-corrected chi connectivity index (χ1v) is 7.74. The first-order valence-electron chi connectivity index (χ1n) is 6.95. The summed E-state index contributed by atoms with van der Waals surface area (Å²) in [6.07, 6.45) is 5.15. The number of aromatic nitrogens is 4. The van der Waals surface area contributed by atoms with Gasteiger partial charge in [0.1, 0.15) is 12.3 Å². The molecule has 1 fully saturated rings. The third-order valence-electron chi connectivity index (χ3n) is 3.72. The fourth-order valence-electron chi connectivity index (χ4n) is 2.39. The number of halogens is 3. The molecule has 5 nitrogen and oxygen atoms in total. The van der Waals surface area contributed by atoms with E-state index in [4.69, 9.17) is 4.74 Å². The summed E-state index contributed by atoms with van der Waals surface area (Å²) in [6, 6.07) is 0. The lowest BCUT2D eigenvalue weighted by molar-refractivity contribution is -0.147. The molecule has 1 aliphatic heterocycles. The van der Waals surface area contributed by atoms with Crippen LogP contribution in [0.2, 0.25) is 0 Å². The molecular formula is C14H15BrF2N4O. The Bertz CT molecular complexity index is 667. The average molecular weight is 373 g/mol. The van der Waals surface area contributed by atoms with E-state index < -0.39 is 12.5 Å². The van der Waals surface area contributed by atoms with E-state index in [1.807, 2.05) is 6.92 Å². The van der Waals surface area contributed by atoms with Crippen LogP contribution in [-0.4, -0.2) is 38.6 Å². The third kappa shape index (κ3) is 3.33. The van der Waals surface area contributed by atoms with Gasteiger partial charge in [-0.2, -0.15) is 0 Å². The summed E-state index contributed by atoms with van der Waals surface area (Å²) in [4.78, 5) is 4.13. The van der Waals surface area contributed by atoms with Crippen LogP contribution >= 0.6 is 15.9 Å². The lowest BCUT2D eigenvalue weighted by atomic mass is 10.1. The summed E-state index contributed by atoms with van der Waals surface area (Å²) in [5.74, 6) is -2.71. The molecule has 0 saturated carbocycles. The van der Waals surface area contributed by atoms with Gasteiger partial charge in [0, 0.05) is 28.9 Å². The van der Waals surface area contributed by atoms with Gasteiger partial charge >= 0.3 is 0 Å². The lowest BCUT2D eigenvalue weighted by Gasteiger charge is -2.28. The number of rotatable bonds is 3. The van der Waals surface area contributed by atoms with Gasteiger partial charge in [-0.3, -0.25) is 4.98 Å². The number of nitrogens with zero attached hydrogens (tertiary/aromatic N) is 4. The number of hydrogen-bond donors (Lipinski definition) is 0. The SMILES string of the molecule is Cc1c(Br)cncc1-c1cn(CC2CCC(F)(F)CO2)nn1. The Morgan fingerprint density at radius 2 is 2.27 bits per heavy atom. The van der Waals surface area contributed by atoms with Gasteiger partial charge in [0.2, 0.25) is 0 Å². The zero-order valence-corrected chi connectivity index (χ0v) is 13.6. The first-order chi connectivity index (χ1) is 10.4. The van der Waals surface area contributed by atoms with Crippen LogP contribution in [0.4, 0.5) is 8.78 Å². The Balaban J connectivity index is 1.71. The number of hydrogen-bond acceptors (Lipinski definition) is 4. The van der Waals surface area contributed by atoms with Gasteiger partial charge in [0.15, 0.2) is 0 Å². The molecular weight excluding hydrogens is 358 g/mol. The molecule has 0 N–H and O–H groups in total. The summed E-state index contributed by atoms with van der Waals surface area (Å²) in [6.45, 7) is 1.86. The van der Waals surface area contributed by atoms with E-state index in [2.05, 4.69) is 31.2 Å². The van der Waals surface area contributed by atoms with Crippen molar-refractivity contribution in [3.8, 4) is 11.3 Å². The van der Waals surface area contributed by atoms with Crippen LogP contribution < -0.4 is 0 Å². The maximum atomic E-state index is 13.1. The van der Waals surface area contributed by atoms with Gasteiger partial charge in [0.25, 0.3) is 5.92 Å². The summed E-state index contributed by atoms with van der Waals surface area (Å²) < 4.78 is 33.8. The van der Waals surface area contributed by atoms with Crippen molar-refractivity contribution in [2.24, 2.45) is 0 Å². The average Bonchev–Trinajstić information content (AvgIpc) is 2.92. The normalized spacial score (nSPS) is 21.0. The Morgan fingerprint density at radius 1 is 1.45 bits per heavy atom. The highest BCUT2D eigenvalue weighted by atomic mass is 79.9. The van der Waals surface area contributed by atoms with E-state index >= 15 is 0 Å². The van der Waals surface area contributed by atoms with Gasteiger partial charge in [-0.05, 0) is 34.8 Å². The molecule has 0 radical (unpaired) electrons. The second-order valence-electron chi connectivity index (χ2n) is 5.45. The van der Waals surface area contributed by atoms with Crippen LogP contribution in [-0.2, 0) is 11.3 Å². The monoisotopic (exact) mass is 372 g/mol.